The van der Waals surface area contributed by atoms with Gasteiger partial charge in [0.05, 0.1) is 11.2 Å². The zero-order valence-corrected chi connectivity index (χ0v) is 17.2. The summed E-state index contributed by atoms with van der Waals surface area (Å²) in [5, 5.41) is 7.02. The van der Waals surface area contributed by atoms with Crippen LogP contribution in [0.2, 0.25) is 0 Å². The van der Waals surface area contributed by atoms with Crippen LogP contribution < -0.4 is 10.2 Å². The third-order valence-corrected chi connectivity index (χ3v) is 5.64. The summed E-state index contributed by atoms with van der Waals surface area (Å²) < 4.78 is 20.3. The number of nitroso groups, excluding NO2 is 1. The number of likely N-dealkylation sites (N-methyl/N-ethyl adjacent to an activating group) is 1. The number of fused-ring (bicyclic) bond motifs is 1. The Morgan fingerprint density at radius 2 is 1.97 bits per heavy atom. The van der Waals surface area contributed by atoms with Crippen LogP contribution in [0.1, 0.15) is 24.4 Å². The third-order valence-electron chi connectivity index (χ3n) is 5.64. The molecule has 160 valence electrons. The molecule has 5 rings (SSSR count). The van der Waals surface area contributed by atoms with Gasteiger partial charge in [0.2, 0.25) is 0 Å². The number of benzene rings is 1. The smallest absolute Gasteiger partial charge is 0.260 e. The summed E-state index contributed by atoms with van der Waals surface area (Å²) in [6.45, 7) is 3.37. The van der Waals surface area contributed by atoms with E-state index >= 15 is 4.39 Å². The molecule has 1 aliphatic carbocycles. The fraction of sp³-hybridized carbons (Fsp3) is 0.364. The van der Waals surface area contributed by atoms with Gasteiger partial charge in [0.1, 0.15) is 17.4 Å². The van der Waals surface area contributed by atoms with E-state index in [1.165, 1.54) is 12.1 Å². The predicted octanol–water partition coefficient (Wildman–Crippen LogP) is 4.26. The molecule has 0 amide bonds. The number of aromatic nitrogens is 2. The number of nitrogens with zero attached hydrogens (tertiary/aromatic N) is 5. The van der Waals surface area contributed by atoms with E-state index in [1.807, 2.05) is 6.07 Å². The Labute approximate surface area is 178 Å². The van der Waals surface area contributed by atoms with Crippen LogP contribution in [0.3, 0.4) is 0 Å². The maximum absolute atomic E-state index is 15.0. The number of hydrogen-bond donors (Lipinski definition) is 1. The van der Waals surface area contributed by atoms with Crippen LogP contribution in [-0.2, 0) is 0 Å². The largest absolute Gasteiger partial charge is 0.436 e. The molecular weight excluding hydrogens is 399 g/mol. The minimum absolute atomic E-state index is 0.00803. The molecule has 2 fully saturated rings. The Balaban J connectivity index is 1.51. The van der Waals surface area contributed by atoms with Gasteiger partial charge in [-0.25, -0.2) is 14.4 Å². The molecule has 1 N–H and O–H groups in total. The molecule has 1 saturated carbocycles. The molecule has 3 heterocycles. The van der Waals surface area contributed by atoms with Gasteiger partial charge in [0, 0.05) is 54.9 Å². The lowest BCUT2D eigenvalue weighted by Crippen LogP contribution is -2.44. The van der Waals surface area contributed by atoms with Gasteiger partial charge in [0.25, 0.3) is 5.88 Å². The summed E-state index contributed by atoms with van der Waals surface area (Å²) in [7, 11) is 2.08. The summed E-state index contributed by atoms with van der Waals surface area (Å²) in [5.74, 6) is 1.33. The zero-order valence-electron chi connectivity index (χ0n) is 17.2. The number of halogens is 1. The van der Waals surface area contributed by atoms with E-state index in [1.54, 1.807) is 18.2 Å². The highest BCUT2D eigenvalue weighted by atomic mass is 19.1. The number of piperazine rings is 1. The highest BCUT2D eigenvalue weighted by Gasteiger charge is 2.24. The molecule has 1 aliphatic heterocycles. The molecule has 2 aromatic heterocycles. The van der Waals surface area contributed by atoms with Crippen molar-refractivity contribution >= 4 is 40.4 Å². The second kappa shape index (κ2) is 8.07. The molecule has 0 atom stereocenters. The number of rotatable bonds is 6. The first-order chi connectivity index (χ1) is 15.1. The Kier molecular flexibility index (Phi) is 5.11. The van der Waals surface area contributed by atoms with Crippen molar-refractivity contribution in [2.45, 2.75) is 18.9 Å². The SMILES string of the molecule is CN1CCN(c2cc3c(NC4CC4)nc(/C=C/c4ccc(N=O)o4)nc3cc2F)CC1. The standard InChI is InChI=1S/C22H23FN6O2/c1-28-8-10-29(11-9-28)19-12-16-18(13-17(19)23)25-20(26-22(16)24-14-2-3-14)6-4-15-5-7-21(27-30)31-15/h4-7,12-14H,2-3,8-11H2,1H3,(H,24,25,26)/b6-4+. The van der Waals surface area contributed by atoms with Gasteiger partial charge in [-0.1, -0.05) is 0 Å². The van der Waals surface area contributed by atoms with Crippen LogP contribution in [0.4, 0.5) is 21.8 Å². The Morgan fingerprint density at radius 1 is 1.16 bits per heavy atom. The van der Waals surface area contributed by atoms with Gasteiger partial charge in [-0.05, 0) is 44.2 Å². The van der Waals surface area contributed by atoms with Crippen LogP contribution in [0.15, 0.2) is 33.9 Å². The van der Waals surface area contributed by atoms with E-state index in [0.29, 0.717) is 34.6 Å². The molecule has 0 radical (unpaired) electrons. The van der Waals surface area contributed by atoms with Gasteiger partial charge < -0.3 is 19.5 Å². The quantitative estimate of drug-likeness (QED) is 0.594. The van der Waals surface area contributed by atoms with Gasteiger partial charge in [-0.2, -0.15) is 0 Å². The van der Waals surface area contributed by atoms with Crippen LogP contribution in [0, 0.1) is 10.7 Å². The molecule has 1 aromatic carbocycles. The average molecular weight is 422 g/mol. The fourth-order valence-corrected chi connectivity index (χ4v) is 3.69. The van der Waals surface area contributed by atoms with Crippen molar-refractivity contribution in [3.63, 3.8) is 0 Å². The highest BCUT2D eigenvalue weighted by Crippen LogP contribution is 2.33. The maximum atomic E-state index is 15.0. The van der Waals surface area contributed by atoms with Gasteiger partial charge >= 0.3 is 0 Å². The number of furan rings is 1. The predicted molar refractivity (Wildman–Crippen MR) is 119 cm³/mol. The van der Waals surface area contributed by atoms with Crippen molar-refractivity contribution in [1.29, 1.82) is 0 Å². The van der Waals surface area contributed by atoms with Gasteiger partial charge in [-0.15, -0.1) is 4.91 Å². The fourth-order valence-electron chi connectivity index (χ4n) is 3.69. The minimum atomic E-state index is -0.282. The van der Waals surface area contributed by atoms with Crippen molar-refractivity contribution in [1.82, 2.24) is 14.9 Å². The average Bonchev–Trinajstić information content (AvgIpc) is 3.46. The molecule has 3 aromatic rings. The van der Waals surface area contributed by atoms with Gasteiger partial charge in [0.15, 0.2) is 5.82 Å². The first-order valence-electron chi connectivity index (χ1n) is 10.4. The summed E-state index contributed by atoms with van der Waals surface area (Å²) >= 11 is 0. The Hall–Kier alpha value is -3.33. The van der Waals surface area contributed by atoms with Crippen LogP contribution >= 0.6 is 0 Å². The first kappa shape index (κ1) is 19.6. The normalized spacial score (nSPS) is 17.5. The molecule has 9 heteroatoms. The second-order valence-corrected chi connectivity index (χ2v) is 8.06. The number of anilines is 2. The molecular formula is C22H23FN6O2. The monoisotopic (exact) mass is 422 g/mol. The lowest BCUT2D eigenvalue weighted by atomic mass is 10.1. The van der Waals surface area contributed by atoms with Gasteiger partial charge in [-0.3, -0.25) is 0 Å². The first-order valence-corrected chi connectivity index (χ1v) is 10.4. The topological polar surface area (TPSA) is 86.9 Å². The minimum Gasteiger partial charge on any atom is -0.436 e. The highest BCUT2D eigenvalue weighted by molar-refractivity contribution is 5.93. The van der Waals surface area contributed by atoms with E-state index in [9.17, 15) is 4.91 Å². The van der Waals surface area contributed by atoms with Crippen LogP contribution in [-0.4, -0.2) is 54.1 Å². The maximum Gasteiger partial charge on any atom is 0.260 e. The Bertz CT molecular complexity index is 1150. The van der Waals surface area contributed by atoms with E-state index in [2.05, 4.69) is 37.3 Å². The summed E-state index contributed by atoms with van der Waals surface area (Å²) in [5.41, 5.74) is 1.14. The molecule has 0 unspecified atom stereocenters. The van der Waals surface area contributed by atoms with Crippen LogP contribution in [0.25, 0.3) is 23.1 Å². The molecule has 0 bridgehead atoms. The van der Waals surface area contributed by atoms with Crippen molar-refractivity contribution < 1.29 is 8.81 Å². The van der Waals surface area contributed by atoms with Crippen molar-refractivity contribution in [2.75, 3.05) is 43.4 Å². The van der Waals surface area contributed by atoms with E-state index < -0.39 is 0 Å². The van der Waals surface area contributed by atoms with Crippen molar-refractivity contribution in [3.8, 4) is 0 Å². The van der Waals surface area contributed by atoms with Crippen molar-refractivity contribution in [3.05, 3.63) is 46.6 Å². The molecule has 8 nitrogen and oxygen atoms in total. The molecule has 1 saturated heterocycles. The summed E-state index contributed by atoms with van der Waals surface area (Å²) in [4.78, 5) is 24.1. The summed E-state index contributed by atoms with van der Waals surface area (Å²) in [6.07, 6.45) is 5.52. The zero-order chi connectivity index (χ0) is 21.4. The lowest BCUT2D eigenvalue weighted by Gasteiger charge is -2.34. The van der Waals surface area contributed by atoms with Crippen LogP contribution in [0.5, 0.6) is 0 Å². The second-order valence-electron chi connectivity index (χ2n) is 8.06. The third kappa shape index (κ3) is 4.27. The van der Waals surface area contributed by atoms with E-state index in [0.717, 1.165) is 44.4 Å². The number of hydrogen-bond acceptors (Lipinski definition) is 8. The van der Waals surface area contributed by atoms with Crippen molar-refractivity contribution in [2.24, 2.45) is 5.18 Å². The lowest BCUT2D eigenvalue weighted by molar-refractivity contribution is 0.312. The van der Waals surface area contributed by atoms with E-state index in [4.69, 9.17) is 4.42 Å². The Morgan fingerprint density at radius 3 is 2.68 bits per heavy atom. The number of nitrogens with one attached hydrogen (secondary N) is 1. The van der Waals surface area contributed by atoms with E-state index in [-0.39, 0.29) is 11.7 Å². The molecule has 0 spiro atoms. The summed E-state index contributed by atoms with van der Waals surface area (Å²) in [6, 6.07) is 6.87. The molecule has 2 aliphatic rings. The molecule has 31 heavy (non-hydrogen) atoms.